The van der Waals surface area contributed by atoms with Gasteiger partial charge in [0.15, 0.2) is 5.78 Å². The number of aromatic nitrogens is 2. The summed E-state index contributed by atoms with van der Waals surface area (Å²) in [4.78, 5) is 16.6. The predicted molar refractivity (Wildman–Crippen MR) is 77.5 cm³/mol. The standard InChI is InChI=1S/C17H18N2O/c20-16-7-3-6-15-17(16)19(11-18-15)14-9-8-12-4-1-2-5-13(12)10-14/h8-11H,1-7H2. The van der Waals surface area contributed by atoms with E-state index in [9.17, 15) is 4.79 Å². The molecule has 0 unspecified atom stereocenters. The summed E-state index contributed by atoms with van der Waals surface area (Å²) < 4.78 is 1.99. The lowest BCUT2D eigenvalue weighted by Crippen LogP contribution is -2.15. The quantitative estimate of drug-likeness (QED) is 0.794. The number of aryl methyl sites for hydroxylation is 3. The molecule has 102 valence electrons. The van der Waals surface area contributed by atoms with Crippen LogP contribution in [-0.4, -0.2) is 15.3 Å². The van der Waals surface area contributed by atoms with Gasteiger partial charge in [-0.3, -0.25) is 9.36 Å². The Morgan fingerprint density at radius 3 is 2.70 bits per heavy atom. The van der Waals surface area contributed by atoms with E-state index in [0.717, 1.165) is 36.3 Å². The summed E-state index contributed by atoms with van der Waals surface area (Å²) in [7, 11) is 0. The van der Waals surface area contributed by atoms with Crippen LogP contribution in [0.25, 0.3) is 5.69 Å². The molecule has 3 heteroatoms. The van der Waals surface area contributed by atoms with Crippen LogP contribution in [0.3, 0.4) is 0 Å². The van der Waals surface area contributed by atoms with Crippen LogP contribution >= 0.6 is 0 Å². The Morgan fingerprint density at radius 1 is 0.950 bits per heavy atom. The number of benzene rings is 1. The number of carbonyl (C=O) groups is 1. The number of carbonyl (C=O) groups excluding carboxylic acids is 1. The fourth-order valence-electron chi connectivity index (χ4n) is 3.46. The molecule has 0 spiro atoms. The average Bonchev–Trinajstić information content (AvgIpc) is 2.92. The number of hydrogen-bond donors (Lipinski definition) is 0. The summed E-state index contributed by atoms with van der Waals surface area (Å²) in [5.41, 5.74) is 5.79. The van der Waals surface area contributed by atoms with Crippen LogP contribution in [0.2, 0.25) is 0 Å². The minimum atomic E-state index is 0.237. The summed E-state index contributed by atoms with van der Waals surface area (Å²) in [5.74, 6) is 0.237. The molecule has 1 aromatic heterocycles. The average molecular weight is 266 g/mol. The minimum Gasteiger partial charge on any atom is -0.296 e. The summed E-state index contributed by atoms with van der Waals surface area (Å²) in [6.45, 7) is 0. The normalized spacial score (nSPS) is 17.7. The first kappa shape index (κ1) is 11.9. The highest BCUT2D eigenvalue weighted by Gasteiger charge is 2.23. The molecule has 0 atom stereocenters. The van der Waals surface area contributed by atoms with Gasteiger partial charge in [0, 0.05) is 12.1 Å². The number of fused-ring (bicyclic) bond motifs is 2. The third-order valence-corrected chi connectivity index (χ3v) is 4.54. The van der Waals surface area contributed by atoms with E-state index in [1.165, 1.54) is 30.4 Å². The van der Waals surface area contributed by atoms with Gasteiger partial charge in [-0.2, -0.15) is 0 Å². The van der Waals surface area contributed by atoms with E-state index in [1.807, 2.05) is 10.9 Å². The van der Waals surface area contributed by atoms with Gasteiger partial charge < -0.3 is 0 Å². The molecule has 1 aromatic carbocycles. The third kappa shape index (κ3) is 1.80. The van der Waals surface area contributed by atoms with Gasteiger partial charge in [-0.15, -0.1) is 0 Å². The fraction of sp³-hybridized carbons (Fsp3) is 0.412. The Balaban J connectivity index is 1.82. The van der Waals surface area contributed by atoms with Crippen LogP contribution < -0.4 is 0 Å². The van der Waals surface area contributed by atoms with Crippen LogP contribution in [-0.2, 0) is 19.3 Å². The van der Waals surface area contributed by atoms with E-state index in [0.29, 0.717) is 6.42 Å². The highest BCUT2D eigenvalue weighted by molar-refractivity contribution is 5.97. The second kappa shape index (κ2) is 4.58. The molecule has 2 aliphatic rings. The van der Waals surface area contributed by atoms with E-state index >= 15 is 0 Å². The summed E-state index contributed by atoms with van der Waals surface area (Å²) in [5, 5.41) is 0. The molecule has 0 amide bonds. The van der Waals surface area contributed by atoms with Crippen molar-refractivity contribution in [1.82, 2.24) is 9.55 Å². The SMILES string of the molecule is O=C1CCCc2ncn(-c3ccc4c(c3)CCCC4)c21. The molecule has 3 nitrogen and oxygen atoms in total. The summed E-state index contributed by atoms with van der Waals surface area (Å²) in [6.07, 6.45) is 9.27. The molecule has 0 saturated carbocycles. The summed E-state index contributed by atoms with van der Waals surface area (Å²) in [6, 6.07) is 6.61. The maximum Gasteiger partial charge on any atom is 0.181 e. The van der Waals surface area contributed by atoms with Gasteiger partial charge in [0.05, 0.1) is 5.69 Å². The lowest BCUT2D eigenvalue weighted by Gasteiger charge is -2.18. The van der Waals surface area contributed by atoms with Crippen LogP contribution in [0.15, 0.2) is 24.5 Å². The highest BCUT2D eigenvalue weighted by Crippen LogP contribution is 2.27. The number of imidazole rings is 1. The van der Waals surface area contributed by atoms with Crippen molar-refractivity contribution in [3.63, 3.8) is 0 Å². The zero-order valence-corrected chi connectivity index (χ0v) is 11.6. The van der Waals surface area contributed by atoms with Crippen LogP contribution in [0.4, 0.5) is 0 Å². The van der Waals surface area contributed by atoms with Gasteiger partial charge >= 0.3 is 0 Å². The Labute approximate surface area is 118 Å². The number of nitrogens with zero attached hydrogens (tertiary/aromatic N) is 2. The lowest BCUT2D eigenvalue weighted by molar-refractivity contribution is 0.0965. The zero-order chi connectivity index (χ0) is 13.5. The van der Waals surface area contributed by atoms with Crippen molar-refractivity contribution in [3.05, 3.63) is 47.0 Å². The first-order chi connectivity index (χ1) is 9.83. The molecule has 0 radical (unpaired) electrons. The molecule has 2 aliphatic carbocycles. The van der Waals surface area contributed by atoms with E-state index in [4.69, 9.17) is 0 Å². The number of hydrogen-bond acceptors (Lipinski definition) is 2. The first-order valence-electron chi connectivity index (χ1n) is 7.54. The van der Waals surface area contributed by atoms with Gasteiger partial charge in [0.2, 0.25) is 0 Å². The largest absolute Gasteiger partial charge is 0.296 e. The summed E-state index contributed by atoms with van der Waals surface area (Å²) >= 11 is 0. The molecule has 1 heterocycles. The van der Waals surface area contributed by atoms with Gasteiger partial charge in [0.25, 0.3) is 0 Å². The molecule has 0 saturated heterocycles. The first-order valence-corrected chi connectivity index (χ1v) is 7.54. The fourth-order valence-corrected chi connectivity index (χ4v) is 3.46. The molecular weight excluding hydrogens is 248 g/mol. The molecule has 0 aliphatic heterocycles. The van der Waals surface area contributed by atoms with Crippen molar-refractivity contribution in [2.24, 2.45) is 0 Å². The predicted octanol–water partition coefficient (Wildman–Crippen LogP) is 3.27. The van der Waals surface area contributed by atoms with Crippen molar-refractivity contribution in [2.45, 2.75) is 44.9 Å². The monoisotopic (exact) mass is 266 g/mol. The van der Waals surface area contributed by atoms with Gasteiger partial charge in [0.1, 0.15) is 12.0 Å². The maximum absolute atomic E-state index is 12.2. The number of rotatable bonds is 1. The second-order valence-electron chi connectivity index (χ2n) is 5.85. The van der Waals surface area contributed by atoms with Crippen molar-refractivity contribution in [2.75, 3.05) is 0 Å². The Hall–Kier alpha value is -1.90. The van der Waals surface area contributed by atoms with Gasteiger partial charge in [-0.1, -0.05) is 6.07 Å². The highest BCUT2D eigenvalue weighted by atomic mass is 16.1. The van der Waals surface area contributed by atoms with Crippen LogP contribution in [0, 0.1) is 0 Å². The molecule has 4 rings (SSSR count). The number of ketones is 1. The smallest absolute Gasteiger partial charge is 0.181 e. The Kier molecular flexibility index (Phi) is 2.72. The molecule has 0 bridgehead atoms. The molecule has 0 fully saturated rings. The van der Waals surface area contributed by atoms with Crippen molar-refractivity contribution in [3.8, 4) is 5.69 Å². The van der Waals surface area contributed by atoms with Crippen LogP contribution in [0.1, 0.15) is 53.0 Å². The van der Waals surface area contributed by atoms with E-state index in [1.54, 1.807) is 0 Å². The van der Waals surface area contributed by atoms with Gasteiger partial charge in [-0.25, -0.2) is 4.98 Å². The number of Topliss-reactive ketones (excluding diaryl/α,β-unsaturated/α-hetero) is 1. The van der Waals surface area contributed by atoms with E-state index < -0.39 is 0 Å². The molecule has 20 heavy (non-hydrogen) atoms. The molecule has 2 aromatic rings. The molecular formula is C17H18N2O. The second-order valence-corrected chi connectivity index (χ2v) is 5.85. The van der Waals surface area contributed by atoms with Crippen LogP contribution in [0.5, 0.6) is 0 Å². The minimum absolute atomic E-state index is 0.237. The Bertz CT molecular complexity index is 684. The van der Waals surface area contributed by atoms with Gasteiger partial charge in [-0.05, 0) is 61.8 Å². The van der Waals surface area contributed by atoms with E-state index in [2.05, 4.69) is 23.2 Å². The van der Waals surface area contributed by atoms with Crippen molar-refractivity contribution in [1.29, 1.82) is 0 Å². The Morgan fingerprint density at radius 2 is 1.80 bits per heavy atom. The van der Waals surface area contributed by atoms with Crippen molar-refractivity contribution < 1.29 is 4.79 Å². The van der Waals surface area contributed by atoms with E-state index in [-0.39, 0.29) is 5.78 Å². The lowest BCUT2D eigenvalue weighted by atomic mass is 9.91. The third-order valence-electron chi connectivity index (χ3n) is 4.54. The molecule has 0 N–H and O–H groups in total. The van der Waals surface area contributed by atoms with Crippen molar-refractivity contribution >= 4 is 5.78 Å². The maximum atomic E-state index is 12.2. The zero-order valence-electron chi connectivity index (χ0n) is 11.6. The topological polar surface area (TPSA) is 34.9 Å².